The number of hydrogen-bond donors (Lipinski definition) is 0. The molecule has 0 saturated heterocycles. The van der Waals surface area contributed by atoms with Crippen LogP contribution in [0.4, 0.5) is 0 Å². The molecule has 0 aliphatic heterocycles. The normalized spacial score (nSPS) is 10.6. The van der Waals surface area contributed by atoms with E-state index in [9.17, 15) is 0 Å². The number of hydrogen-bond acceptors (Lipinski definition) is 2. The maximum Gasteiger partial charge on any atom is 0.118 e. The fraction of sp³-hybridized carbons (Fsp3) is 0.143. The molecule has 4 aromatic carbocycles. The molecule has 0 spiro atoms. The number of rotatable bonds is 6. The van der Waals surface area contributed by atoms with Gasteiger partial charge in [-0.2, -0.15) is 0 Å². The number of methoxy groups -OCH3 is 2. The van der Waals surface area contributed by atoms with Crippen LogP contribution in [0.25, 0.3) is 33.4 Å². The van der Waals surface area contributed by atoms with Crippen molar-refractivity contribution in [1.82, 2.24) is 0 Å². The Hall–Kier alpha value is -3.52. The van der Waals surface area contributed by atoms with Crippen LogP contribution < -0.4 is 9.47 Å². The van der Waals surface area contributed by atoms with Crippen LogP contribution in [0.15, 0.2) is 91.0 Å². The quantitative estimate of drug-likeness (QED) is 0.342. The van der Waals surface area contributed by atoms with Gasteiger partial charge >= 0.3 is 0 Å². The van der Waals surface area contributed by atoms with Gasteiger partial charge in [-0.1, -0.05) is 55.5 Å². The van der Waals surface area contributed by atoms with Gasteiger partial charge < -0.3 is 9.47 Å². The molecular weight excluding hydrogens is 368 g/mol. The molecule has 0 unspecified atom stereocenters. The van der Waals surface area contributed by atoms with Crippen molar-refractivity contribution >= 4 is 0 Å². The predicted molar refractivity (Wildman–Crippen MR) is 125 cm³/mol. The van der Waals surface area contributed by atoms with Crippen molar-refractivity contribution in [2.45, 2.75) is 13.3 Å². The van der Waals surface area contributed by atoms with Crippen molar-refractivity contribution < 1.29 is 9.47 Å². The minimum Gasteiger partial charge on any atom is -0.497 e. The molecule has 0 aliphatic rings. The van der Waals surface area contributed by atoms with Crippen LogP contribution in [0, 0.1) is 0 Å². The van der Waals surface area contributed by atoms with Gasteiger partial charge in [-0.25, -0.2) is 0 Å². The Balaban J connectivity index is 1.83. The summed E-state index contributed by atoms with van der Waals surface area (Å²) in [5, 5.41) is 0. The van der Waals surface area contributed by atoms with Crippen LogP contribution in [0.1, 0.15) is 12.5 Å². The first kappa shape index (κ1) is 19.8. The Morgan fingerprint density at radius 1 is 0.467 bits per heavy atom. The van der Waals surface area contributed by atoms with E-state index < -0.39 is 0 Å². The van der Waals surface area contributed by atoms with E-state index in [4.69, 9.17) is 9.47 Å². The molecule has 0 aromatic heterocycles. The van der Waals surface area contributed by atoms with Crippen molar-refractivity contribution in [3.05, 3.63) is 96.6 Å². The second-order valence-corrected chi connectivity index (χ2v) is 7.31. The first-order valence-corrected chi connectivity index (χ1v) is 10.2. The van der Waals surface area contributed by atoms with Gasteiger partial charge in [-0.05, 0) is 87.8 Å². The third-order valence-electron chi connectivity index (χ3n) is 5.48. The lowest BCUT2D eigenvalue weighted by Gasteiger charge is -2.12. The fourth-order valence-corrected chi connectivity index (χ4v) is 3.63. The summed E-state index contributed by atoms with van der Waals surface area (Å²) < 4.78 is 10.6. The third-order valence-corrected chi connectivity index (χ3v) is 5.48. The van der Waals surface area contributed by atoms with Gasteiger partial charge in [0.2, 0.25) is 0 Å². The molecule has 0 heterocycles. The molecule has 150 valence electrons. The summed E-state index contributed by atoms with van der Waals surface area (Å²) in [6.45, 7) is 2.18. The van der Waals surface area contributed by atoms with Crippen LogP contribution in [0.3, 0.4) is 0 Å². The molecule has 2 heteroatoms. The zero-order chi connectivity index (χ0) is 20.9. The van der Waals surface area contributed by atoms with Gasteiger partial charge in [0.25, 0.3) is 0 Å². The molecule has 4 rings (SSSR count). The van der Waals surface area contributed by atoms with Crippen molar-refractivity contribution in [3.63, 3.8) is 0 Å². The SMILES string of the molecule is CCc1ccc(-c2cc(-c3ccc(OC)cc3)cc(-c3ccc(OC)cc3)c2)cc1. The van der Waals surface area contributed by atoms with Gasteiger partial charge in [-0.3, -0.25) is 0 Å². The summed E-state index contributed by atoms with van der Waals surface area (Å²) in [6.07, 6.45) is 1.04. The summed E-state index contributed by atoms with van der Waals surface area (Å²) in [4.78, 5) is 0. The van der Waals surface area contributed by atoms with E-state index in [2.05, 4.69) is 73.7 Å². The lowest BCUT2D eigenvalue weighted by molar-refractivity contribution is 0.415. The highest BCUT2D eigenvalue weighted by Crippen LogP contribution is 2.34. The summed E-state index contributed by atoms with van der Waals surface area (Å²) in [5.41, 5.74) is 8.46. The zero-order valence-corrected chi connectivity index (χ0v) is 17.7. The summed E-state index contributed by atoms with van der Waals surface area (Å²) in [7, 11) is 3.38. The highest BCUT2D eigenvalue weighted by Gasteiger charge is 2.08. The number of ether oxygens (including phenoxy) is 2. The van der Waals surface area contributed by atoms with Crippen LogP contribution in [-0.4, -0.2) is 14.2 Å². The second kappa shape index (κ2) is 8.87. The second-order valence-electron chi connectivity index (χ2n) is 7.31. The van der Waals surface area contributed by atoms with Crippen molar-refractivity contribution in [1.29, 1.82) is 0 Å². The molecule has 4 aromatic rings. The first-order valence-electron chi connectivity index (χ1n) is 10.2. The Labute approximate surface area is 178 Å². The maximum absolute atomic E-state index is 5.32. The standard InChI is InChI=1S/C28H26O2/c1-4-20-5-7-21(8-6-20)24-17-25(22-9-13-27(29-2)14-10-22)19-26(18-24)23-11-15-28(30-3)16-12-23/h5-19H,4H2,1-3H3. The molecular formula is C28H26O2. The van der Waals surface area contributed by atoms with Gasteiger partial charge in [0.1, 0.15) is 11.5 Å². The van der Waals surface area contributed by atoms with Crippen molar-refractivity contribution in [2.24, 2.45) is 0 Å². The molecule has 0 atom stereocenters. The molecule has 30 heavy (non-hydrogen) atoms. The smallest absolute Gasteiger partial charge is 0.118 e. The van der Waals surface area contributed by atoms with Gasteiger partial charge in [-0.15, -0.1) is 0 Å². The molecule has 0 saturated carbocycles. The summed E-state index contributed by atoms with van der Waals surface area (Å²) in [6, 6.07) is 32.1. The molecule has 0 amide bonds. The highest BCUT2D eigenvalue weighted by molar-refractivity contribution is 5.81. The van der Waals surface area contributed by atoms with E-state index >= 15 is 0 Å². The molecule has 0 bridgehead atoms. The van der Waals surface area contributed by atoms with Crippen molar-refractivity contribution in [3.8, 4) is 44.9 Å². The van der Waals surface area contributed by atoms with E-state index in [1.165, 1.54) is 27.8 Å². The minimum atomic E-state index is 0.862. The number of benzene rings is 4. The minimum absolute atomic E-state index is 0.862. The Kier molecular flexibility index (Phi) is 5.85. The Bertz CT molecular complexity index is 950. The Morgan fingerprint density at radius 2 is 0.800 bits per heavy atom. The molecule has 0 N–H and O–H groups in total. The maximum atomic E-state index is 5.32. The average molecular weight is 395 g/mol. The summed E-state index contributed by atoms with van der Waals surface area (Å²) >= 11 is 0. The third kappa shape index (κ3) is 4.23. The van der Waals surface area contributed by atoms with E-state index in [1.807, 2.05) is 24.3 Å². The predicted octanol–water partition coefficient (Wildman–Crippen LogP) is 7.27. The molecule has 0 fully saturated rings. The molecule has 2 nitrogen and oxygen atoms in total. The fourth-order valence-electron chi connectivity index (χ4n) is 3.63. The monoisotopic (exact) mass is 394 g/mol. The topological polar surface area (TPSA) is 18.5 Å². The van der Waals surface area contributed by atoms with Gasteiger partial charge in [0.05, 0.1) is 14.2 Å². The van der Waals surface area contributed by atoms with Crippen LogP contribution in [0.2, 0.25) is 0 Å². The Morgan fingerprint density at radius 3 is 1.10 bits per heavy atom. The largest absolute Gasteiger partial charge is 0.497 e. The van der Waals surface area contributed by atoms with Crippen molar-refractivity contribution in [2.75, 3.05) is 14.2 Å². The number of aryl methyl sites for hydroxylation is 1. The highest BCUT2D eigenvalue weighted by atomic mass is 16.5. The van der Waals surface area contributed by atoms with E-state index in [0.717, 1.165) is 29.0 Å². The van der Waals surface area contributed by atoms with Gasteiger partial charge in [0.15, 0.2) is 0 Å². The van der Waals surface area contributed by atoms with E-state index in [0.29, 0.717) is 0 Å². The van der Waals surface area contributed by atoms with Crippen LogP contribution in [-0.2, 0) is 6.42 Å². The zero-order valence-electron chi connectivity index (χ0n) is 17.7. The summed E-state index contributed by atoms with van der Waals surface area (Å²) in [5.74, 6) is 1.72. The first-order chi connectivity index (χ1) is 14.7. The van der Waals surface area contributed by atoms with Crippen LogP contribution >= 0.6 is 0 Å². The lowest BCUT2D eigenvalue weighted by Crippen LogP contribution is -1.88. The lowest BCUT2D eigenvalue weighted by atomic mass is 9.93. The van der Waals surface area contributed by atoms with E-state index in [1.54, 1.807) is 14.2 Å². The average Bonchev–Trinajstić information content (AvgIpc) is 2.84. The van der Waals surface area contributed by atoms with Gasteiger partial charge in [0, 0.05) is 0 Å². The molecule has 0 radical (unpaired) electrons. The molecule has 0 aliphatic carbocycles. The van der Waals surface area contributed by atoms with E-state index in [-0.39, 0.29) is 0 Å². The van der Waals surface area contributed by atoms with Crippen LogP contribution in [0.5, 0.6) is 11.5 Å².